The van der Waals surface area contributed by atoms with E-state index in [1.165, 1.54) is 19.4 Å². The Morgan fingerprint density at radius 2 is 2.08 bits per heavy atom. The second kappa shape index (κ2) is 9.29. The fourth-order valence-electron chi connectivity index (χ4n) is 4.22. The van der Waals surface area contributed by atoms with E-state index in [4.69, 9.17) is 9.26 Å². The Kier molecular flexibility index (Phi) is 6.00. The molecule has 0 spiro atoms. The number of hydrogen-bond acceptors (Lipinski definition) is 8. The lowest BCUT2D eigenvalue weighted by Crippen LogP contribution is -2.54. The number of carbonyl (C=O) groups is 2. The van der Waals surface area contributed by atoms with Crippen LogP contribution < -0.4 is 10.2 Å². The Hall–Kier alpha value is -4.48. The van der Waals surface area contributed by atoms with E-state index in [0.29, 0.717) is 42.5 Å². The minimum Gasteiger partial charge on any atom is -0.453 e. The number of hydrogen-bond donors (Lipinski definition) is 1. The van der Waals surface area contributed by atoms with Gasteiger partial charge in [0.25, 0.3) is 17.7 Å². The van der Waals surface area contributed by atoms with Crippen molar-refractivity contribution in [2.45, 2.75) is 19.9 Å². The van der Waals surface area contributed by atoms with Gasteiger partial charge in [0, 0.05) is 48.7 Å². The summed E-state index contributed by atoms with van der Waals surface area (Å²) in [5.74, 6) is -0.520. The number of halogens is 1. The number of rotatable bonds is 4. The lowest BCUT2D eigenvalue weighted by molar-refractivity contribution is 0.102. The highest BCUT2D eigenvalue weighted by Crippen LogP contribution is 2.29. The molecular formula is C24H24FN7O4. The Labute approximate surface area is 205 Å². The molecule has 4 aromatic rings. The Morgan fingerprint density at radius 1 is 1.25 bits per heavy atom. The highest BCUT2D eigenvalue weighted by molar-refractivity contribution is 6.04. The number of imidazole rings is 1. The van der Waals surface area contributed by atoms with E-state index in [1.807, 2.05) is 17.9 Å². The van der Waals surface area contributed by atoms with Gasteiger partial charge in [0.1, 0.15) is 17.2 Å². The third kappa shape index (κ3) is 4.21. The molecule has 1 N–H and O–H groups in total. The van der Waals surface area contributed by atoms with Gasteiger partial charge in [-0.1, -0.05) is 6.07 Å². The van der Waals surface area contributed by atoms with Crippen molar-refractivity contribution in [3.05, 3.63) is 59.8 Å². The first kappa shape index (κ1) is 23.3. The predicted octanol–water partition coefficient (Wildman–Crippen LogP) is 3.36. The minimum atomic E-state index is -0.527. The van der Waals surface area contributed by atoms with E-state index in [2.05, 4.69) is 20.4 Å². The van der Waals surface area contributed by atoms with Crippen LogP contribution in [0.4, 0.5) is 20.8 Å². The number of aromatic nitrogens is 4. The standard InChI is InChI=1S/C24H24FN7O4/c1-14-13-30(24(34)35-3)8-9-31(14)23-28-22(36-29-23)16-10-17(25)15(2)18(11-16)27-21(33)19-12-26-20-6-4-5-7-32(19)20/h4-7,10-12,14H,8-9,13H2,1-3H3,(H,27,33). The topological polar surface area (TPSA) is 118 Å². The van der Waals surface area contributed by atoms with Crippen molar-refractivity contribution in [3.63, 3.8) is 0 Å². The van der Waals surface area contributed by atoms with Crippen LogP contribution in [-0.4, -0.2) is 69.2 Å². The molecule has 1 unspecified atom stereocenters. The van der Waals surface area contributed by atoms with Gasteiger partial charge in [0.05, 0.1) is 13.3 Å². The van der Waals surface area contributed by atoms with Crippen molar-refractivity contribution >= 4 is 29.3 Å². The van der Waals surface area contributed by atoms with Gasteiger partial charge in [-0.25, -0.2) is 14.2 Å². The van der Waals surface area contributed by atoms with Crippen LogP contribution in [0.15, 0.2) is 47.2 Å². The number of benzene rings is 1. The van der Waals surface area contributed by atoms with Gasteiger partial charge >= 0.3 is 6.09 Å². The number of carbonyl (C=O) groups excluding carboxylic acids is 2. The van der Waals surface area contributed by atoms with Crippen molar-refractivity contribution in [1.82, 2.24) is 24.4 Å². The van der Waals surface area contributed by atoms with E-state index in [1.54, 1.807) is 40.6 Å². The van der Waals surface area contributed by atoms with E-state index < -0.39 is 11.7 Å². The summed E-state index contributed by atoms with van der Waals surface area (Å²) in [6.07, 6.45) is 2.81. The molecule has 36 heavy (non-hydrogen) atoms. The van der Waals surface area contributed by atoms with Crippen LogP contribution in [0.5, 0.6) is 0 Å². The monoisotopic (exact) mass is 493 g/mol. The summed E-state index contributed by atoms with van der Waals surface area (Å²) in [5.41, 5.74) is 1.82. The van der Waals surface area contributed by atoms with Crippen LogP contribution in [0.2, 0.25) is 0 Å². The summed E-state index contributed by atoms with van der Waals surface area (Å²) in [4.78, 5) is 37.0. The van der Waals surface area contributed by atoms with Crippen LogP contribution in [0, 0.1) is 12.7 Å². The van der Waals surface area contributed by atoms with Gasteiger partial charge in [-0.05, 0) is 43.3 Å². The molecule has 1 aromatic carbocycles. The average Bonchev–Trinajstić information content (AvgIpc) is 3.54. The van der Waals surface area contributed by atoms with Crippen molar-refractivity contribution in [3.8, 4) is 11.5 Å². The molecule has 1 aliphatic heterocycles. The molecule has 0 saturated carbocycles. The summed E-state index contributed by atoms with van der Waals surface area (Å²) in [5, 5.41) is 6.82. The zero-order valence-corrected chi connectivity index (χ0v) is 19.9. The van der Waals surface area contributed by atoms with Gasteiger partial charge in [-0.3, -0.25) is 9.20 Å². The Balaban J connectivity index is 1.38. The number of fused-ring (bicyclic) bond motifs is 1. The van der Waals surface area contributed by atoms with Gasteiger partial charge in [0.2, 0.25) is 0 Å². The molecule has 0 radical (unpaired) electrons. The normalized spacial score (nSPS) is 15.8. The van der Waals surface area contributed by atoms with E-state index >= 15 is 0 Å². The number of ether oxygens (including phenoxy) is 1. The maximum Gasteiger partial charge on any atom is 0.409 e. The predicted molar refractivity (Wildman–Crippen MR) is 128 cm³/mol. The molecule has 1 aliphatic rings. The first-order chi connectivity index (χ1) is 17.4. The summed E-state index contributed by atoms with van der Waals surface area (Å²) in [7, 11) is 1.35. The number of amides is 2. The highest BCUT2D eigenvalue weighted by atomic mass is 19.1. The van der Waals surface area contributed by atoms with Crippen molar-refractivity contribution in [2.75, 3.05) is 37.0 Å². The average molecular weight is 493 g/mol. The Morgan fingerprint density at radius 3 is 2.86 bits per heavy atom. The van der Waals surface area contributed by atoms with Crippen molar-refractivity contribution in [2.24, 2.45) is 0 Å². The molecule has 186 valence electrons. The molecule has 5 rings (SSSR count). The van der Waals surface area contributed by atoms with Crippen LogP contribution in [0.25, 0.3) is 17.1 Å². The summed E-state index contributed by atoms with van der Waals surface area (Å²) >= 11 is 0. The zero-order valence-electron chi connectivity index (χ0n) is 19.9. The Bertz CT molecular complexity index is 1450. The molecule has 0 bridgehead atoms. The van der Waals surface area contributed by atoms with Crippen LogP contribution in [0.3, 0.4) is 0 Å². The fraction of sp³-hybridized carbons (Fsp3) is 0.292. The smallest absolute Gasteiger partial charge is 0.409 e. The summed E-state index contributed by atoms with van der Waals surface area (Å²) < 4.78 is 26.7. The number of piperazine rings is 1. The minimum absolute atomic E-state index is 0.0848. The highest BCUT2D eigenvalue weighted by Gasteiger charge is 2.30. The maximum atomic E-state index is 14.8. The number of nitrogens with zero attached hydrogens (tertiary/aromatic N) is 6. The van der Waals surface area contributed by atoms with Crippen LogP contribution in [-0.2, 0) is 4.74 Å². The quantitative estimate of drug-likeness (QED) is 0.460. The molecule has 0 aliphatic carbocycles. The lowest BCUT2D eigenvalue weighted by atomic mass is 10.1. The molecule has 1 fully saturated rings. The molecular weight excluding hydrogens is 469 g/mol. The maximum absolute atomic E-state index is 14.8. The number of pyridine rings is 1. The molecule has 12 heteroatoms. The van der Waals surface area contributed by atoms with E-state index in [-0.39, 0.29) is 29.3 Å². The molecule has 11 nitrogen and oxygen atoms in total. The summed E-state index contributed by atoms with van der Waals surface area (Å²) in [6, 6.07) is 8.19. The van der Waals surface area contributed by atoms with Crippen LogP contribution >= 0.6 is 0 Å². The lowest BCUT2D eigenvalue weighted by Gasteiger charge is -2.38. The third-order valence-electron chi connectivity index (χ3n) is 6.22. The molecule has 1 saturated heterocycles. The third-order valence-corrected chi connectivity index (χ3v) is 6.22. The molecule has 3 aromatic heterocycles. The van der Waals surface area contributed by atoms with E-state index in [0.717, 1.165) is 0 Å². The fourth-order valence-corrected chi connectivity index (χ4v) is 4.22. The summed E-state index contributed by atoms with van der Waals surface area (Å²) in [6.45, 7) is 4.88. The first-order valence-corrected chi connectivity index (χ1v) is 11.3. The number of anilines is 2. The van der Waals surface area contributed by atoms with Gasteiger partial charge in [-0.15, -0.1) is 0 Å². The van der Waals surface area contributed by atoms with Crippen LogP contribution in [0.1, 0.15) is 23.0 Å². The van der Waals surface area contributed by atoms with Gasteiger partial charge in [0.15, 0.2) is 0 Å². The first-order valence-electron chi connectivity index (χ1n) is 11.3. The SMILES string of the molecule is COC(=O)N1CCN(c2noc(-c3cc(F)c(C)c(NC(=O)c4cnc5ccccn45)c3)n2)C(C)C1. The number of nitrogens with one attached hydrogen (secondary N) is 1. The van der Waals surface area contributed by atoms with E-state index in [9.17, 15) is 14.0 Å². The largest absolute Gasteiger partial charge is 0.453 e. The van der Waals surface area contributed by atoms with Crippen molar-refractivity contribution in [1.29, 1.82) is 0 Å². The second-order valence-electron chi connectivity index (χ2n) is 8.52. The number of methoxy groups -OCH3 is 1. The zero-order chi connectivity index (χ0) is 25.4. The molecule has 4 heterocycles. The molecule has 1 atom stereocenters. The van der Waals surface area contributed by atoms with Crippen molar-refractivity contribution < 1.29 is 23.2 Å². The molecule has 2 amide bonds. The van der Waals surface area contributed by atoms with Gasteiger partial charge < -0.3 is 24.4 Å². The van der Waals surface area contributed by atoms with Gasteiger partial charge in [-0.2, -0.15) is 4.98 Å². The second-order valence-corrected chi connectivity index (χ2v) is 8.52.